The van der Waals surface area contributed by atoms with Crippen molar-refractivity contribution in [2.45, 2.75) is 25.8 Å². The second-order valence-corrected chi connectivity index (χ2v) is 6.34. The van der Waals surface area contributed by atoms with E-state index in [1.54, 1.807) is 0 Å². The highest BCUT2D eigenvalue weighted by Gasteiger charge is 2.16. The molecule has 0 bridgehead atoms. The number of nitrogens with one attached hydrogen (secondary N) is 1. The van der Waals surface area contributed by atoms with Crippen LogP contribution >= 0.6 is 11.3 Å². The van der Waals surface area contributed by atoms with Gasteiger partial charge in [-0.1, -0.05) is 25.1 Å². The molecule has 0 aliphatic heterocycles. The monoisotopic (exact) mass is 299 g/mol. The molecule has 3 nitrogen and oxygen atoms in total. The number of benzene rings is 1. The van der Waals surface area contributed by atoms with E-state index >= 15 is 0 Å². The Kier molecular flexibility index (Phi) is 4.36. The van der Waals surface area contributed by atoms with Crippen molar-refractivity contribution in [3.05, 3.63) is 53.4 Å². The first-order chi connectivity index (χ1) is 10.3. The Labute approximate surface area is 129 Å². The lowest BCUT2D eigenvalue weighted by Gasteiger charge is -2.16. The van der Waals surface area contributed by atoms with Gasteiger partial charge in [0.1, 0.15) is 0 Å². The molecule has 1 aromatic carbocycles. The van der Waals surface area contributed by atoms with Gasteiger partial charge in [-0.25, -0.2) is 4.98 Å². The lowest BCUT2D eigenvalue weighted by Crippen LogP contribution is -2.24. The van der Waals surface area contributed by atoms with E-state index in [0.717, 1.165) is 25.1 Å². The number of rotatable bonds is 6. The Morgan fingerprint density at radius 2 is 2.19 bits per heavy atom. The van der Waals surface area contributed by atoms with Gasteiger partial charge in [0.15, 0.2) is 0 Å². The molecule has 0 aliphatic carbocycles. The first-order valence-electron chi connectivity index (χ1n) is 7.44. The summed E-state index contributed by atoms with van der Waals surface area (Å²) in [5, 5.41) is 7.29. The number of fused-ring (bicyclic) bond motifs is 1. The van der Waals surface area contributed by atoms with Gasteiger partial charge in [0.25, 0.3) is 0 Å². The summed E-state index contributed by atoms with van der Waals surface area (Å²) in [5.41, 5.74) is 2.54. The average Bonchev–Trinajstić information content (AvgIpc) is 3.10. The smallest absolute Gasteiger partial charge is 0.0947 e. The Morgan fingerprint density at radius 1 is 1.33 bits per heavy atom. The molecule has 0 saturated heterocycles. The number of imidazole rings is 1. The highest BCUT2D eigenvalue weighted by molar-refractivity contribution is 7.17. The molecule has 1 N–H and O–H groups in total. The van der Waals surface area contributed by atoms with Crippen molar-refractivity contribution >= 4 is 21.4 Å². The summed E-state index contributed by atoms with van der Waals surface area (Å²) in [5.74, 6) is 0. The van der Waals surface area contributed by atoms with Gasteiger partial charge in [-0.05, 0) is 41.8 Å². The normalized spacial score (nSPS) is 12.9. The van der Waals surface area contributed by atoms with Crippen molar-refractivity contribution in [1.29, 1.82) is 0 Å². The molecule has 1 unspecified atom stereocenters. The van der Waals surface area contributed by atoms with E-state index in [1.807, 2.05) is 29.3 Å². The summed E-state index contributed by atoms with van der Waals surface area (Å²) in [7, 11) is 2.02. The quantitative estimate of drug-likeness (QED) is 0.747. The highest BCUT2D eigenvalue weighted by Crippen LogP contribution is 2.29. The molecule has 0 aliphatic rings. The maximum atomic E-state index is 4.53. The molecule has 2 aromatic heterocycles. The van der Waals surface area contributed by atoms with Gasteiger partial charge in [-0.15, -0.1) is 11.3 Å². The lowest BCUT2D eigenvalue weighted by molar-refractivity contribution is 0.521. The van der Waals surface area contributed by atoms with Crippen LogP contribution in [0.4, 0.5) is 0 Å². The van der Waals surface area contributed by atoms with E-state index in [-0.39, 0.29) is 6.04 Å². The standard InChI is InChI=1S/C17H21N3S/c1-3-8-18-15(16-10-20(2)12-19-16)9-13-11-21-17-7-5-4-6-14(13)17/h4-7,10-12,15,18H,3,8-9H2,1-2H3. The molecule has 0 spiro atoms. The van der Waals surface area contributed by atoms with E-state index in [9.17, 15) is 0 Å². The minimum absolute atomic E-state index is 0.282. The minimum Gasteiger partial charge on any atom is -0.340 e. The fourth-order valence-electron chi connectivity index (χ4n) is 2.62. The number of hydrogen-bond acceptors (Lipinski definition) is 3. The molecule has 1 atom stereocenters. The maximum Gasteiger partial charge on any atom is 0.0947 e. The van der Waals surface area contributed by atoms with Crippen molar-refractivity contribution in [3.63, 3.8) is 0 Å². The Morgan fingerprint density at radius 3 is 2.95 bits per heavy atom. The fourth-order valence-corrected chi connectivity index (χ4v) is 3.60. The molecular weight excluding hydrogens is 278 g/mol. The fraction of sp³-hybridized carbons (Fsp3) is 0.353. The van der Waals surface area contributed by atoms with Crippen LogP contribution in [0.1, 0.15) is 30.6 Å². The molecule has 0 amide bonds. The van der Waals surface area contributed by atoms with Crippen molar-refractivity contribution < 1.29 is 0 Å². The molecule has 110 valence electrons. The summed E-state index contributed by atoms with van der Waals surface area (Å²) >= 11 is 1.83. The molecule has 2 heterocycles. The van der Waals surface area contributed by atoms with Gasteiger partial charge < -0.3 is 9.88 Å². The van der Waals surface area contributed by atoms with Crippen LogP contribution in [0, 0.1) is 0 Å². The third-order valence-electron chi connectivity index (χ3n) is 3.71. The van der Waals surface area contributed by atoms with E-state index in [2.05, 4.69) is 53.1 Å². The number of nitrogens with zero attached hydrogens (tertiary/aromatic N) is 2. The number of hydrogen-bond donors (Lipinski definition) is 1. The van der Waals surface area contributed by atoms with E-state index in [1.165, 1.54) is 15.6 Å². The highest BCUT2D eigenvalue weighted by atomic mass is 32.1. The zero-order valence-corrected chi connectivity index (χ0v) is 13.4. The Bertz CT molecular complexity index is 713. The van der Waals surface area contributed by atoms with Crippen molar-refractivity contribution in [1.82, 2.24) is 14.9 Å². The van der Waals surface area contributed by atoms with E-state index < -0.39 is 0 Å². The third-order valence-corrected chi connectivity index (χ3v) is 4.72. The van der Waals surface area contributed by atoms with Gasteiger partial charge in [-0.2, -0.15) is 0 Å². The zero-order chi connectivity index (χ0) is 14.7. The molecule has 21 heavy (non-hydrogen) atoms. The van der Waals surface area contributed by atoms with Crippen molar-refractivity contribution in [2.24, 2.45) is 7.05 Å². The Hall–Kier alpha value is -1.65. The Balaban J connectivity index is 1.87. The predicted molar refractivity (Wildman–Crippen MR) is 89.8 cm³/mol. The molecule has 3 aromatic rings. The van der Waals surface area contributed by atoms with Crippen LogP contribution < -0.4 is 5.32 Å². The number of thiophene rings is 1. The van der Waals surface area contributed by atoms with Crippen LogP contribution in [-0.2, 0) is 13.5 Å². The van der Waals surface area contributed by atoms with E-state index in [0.29, 0.717) is 0 Å². The number of aromatic nitrogens is 2. The van der Waals surface area contributed by atoms with Crippen LogP contribution in [0.3, 0.4) is 0 Å². The maximum absolute atomic E-state index is 4.53. The molecule has 0 fully saturated rings. The first-order valence-corrected chi connectivity index (χ1v) is 8.32. The van der Waals surface area contributed by atoms with Crippen LogP contribution in [-0.4, -0.2) is 16.1 Å². The molecule has 3 rings (SSSR count). The minimum atomic E-state index is 0.282. The van der Waals surface area contributed by atoms with Gasteiger partial charge in [-0.3, -0.25) is 0 Å². The van der Waals surface area contributed by atoms with Crippen molar-refractivity contribution in [3.8, 4) is 0 Å². The zero-order valence-electron chi connectivity index (χ0n) is 12.5. The second-order valence-electron chi connectivity index (χ2n) is 5.43. The first kappa shape index (κ1) is 14.3. The molecule has 4 heteroatoms. The molecular formula is C17H21N3S. The summed E-state index contributed by atoms with van der Waals surface area (Å²) in [4.78, 5) is 4.53. The van der Waals surface area contributed by atoms with Gasteiger partial charge in [0.05, 0.1) is 18.1 Å². The average molecular weight is 299 g/mol. The summed E-state index contributed by atoms with van der Waals surface area (Å²) < 4.78 is 3.38. The summed E-state index contributed by atoms with van der Waals surface area (Å²) in [6, 6.07) is 8.92. The predicted octanol–water partition coefficient (Wildman–Crippen LogP) is 3.92. The van der Waals surface area contributed by atoms with Gasteiger partial charge >= 0.3 is 0 Å². The second kappa shape index (κ2) is 6.41. The van der Waals surface area contributed by atoms with Crippen LogP contribution in [0.2, 0.25) is 0 Å². The number of aryl methyl sites for hydroxylation is 1. The summed E-state index contributed by atoms with van der Waals surface area (Å²) in [6.07, 6.45) is 6.11. The van der Waals surface area contributed by atoms with Crippen LogP contribution in [0.5, 0.6) is 0 Å². The van der Waals surface area contributed by atoms with Crippen LogP contribution in [0.25, 0.3) is 10.1 Å². The van der Waals surface area contributed by atoms with E-state index in [4.69, 9.17) is 0 Å². The van der Waals surface area contributed by atoms with Gasteiger partial charge in [0.2, 0.25) is 0 Å². The van der Waals surface area contributed by atoms with Crippen molar-refractivity contribution in [2.75, 3.05) is 6.54 Å². The van der Waals surface area contributed by atoms with Gasteiger partial charge in [0, 0.05) is 17.9 Å². The largest absolute Gasteiger partial charge is 0.340 e. The topological polar surface area (TPSA) is 29.9 Å². The summed E-state index contributed by atoms with van der Waals surface area (Å²) in [6.45, 7) is 3.21. The molecule has 0 radical (unpaired) electrons. The molecule has 0 saturated carbocycles. The van der Waals surface area contributed by atoms with Crippen LogP contribution in [0.15, 0.2) is 42.2 Å². The third kappa shape index (κ3) is 3.17. The lowest BCUT2D eigenvalue weighted by atomic mass is 10.0. The SMILES string of the molecule is CCCNC(Cc1csc2ccccc12)c1cn(C)cn1.